The first-order valence-corrected chi connectivity index (χ1v) is 7.60. The van der Waals surface area contributed by atoms with Crippen molar-refractivity contribution in [3.8, 4) is 0 Å². The molecule has 1 unspecified atom stereocenters. The van der Waals surface area contributed by atoms with E-state index >= 15 is 0 Å². The Hall–Kier alpha value is -1.88. The van der Waals surface area contributed by atoms with Crippen LogP contribution in [0.2, 0.25) is 0 Å². The third-order valence-corrected chi connectivity index (χ3v) is 3.43. The predicted octanol–water partition coefficient (Wildman–Crippen LogP) is 2.87. The summed E-state index contributed by atoms with van der Waals surface area (Å²) < 4.78 is 5.63. The summed E-state index contributed by atoms with van der Waals surface area (Å²) in [6.07, 6.45) is 0.840. The first-order chi connectivity index (χ1) is 10.3. The summed E-state index contributed by atoms with van der Waals surface area (Å²) in [6, 6.07) is 4.63. The number of carboxylic acids is 1. The molecule has 1 atom stereocenters. The normalized spacial score (nSPS) is 12.2. The number of hydrogen-bond acceptors (Lipinski definition) is 3. The van der Waals surface area contributed by atoms with Gasteiger partial charge >= 0.3 is 5.97 Å². The zero-order valence-electron chi connectivity index (χ0n) is 13.7. The molecular weight excluding hydrogens is 282 g/mol. The number of amides is 1. The van der Waals surface area contributed by atoms with Crippen molar-refractivity contribution >= 4 is 11.9 Å². The summed E-state index contributed by atoms with van der Waals surface area (Å²) in [5.74, 6) is -0.909. The molecule has 0 radical (unpaired) electrons. The van der Waals surface area contributed by atoms with Crippen molar-refractivity contribution in [3.05, 3.63) is 34.9 Å². The molecule has 0 fully saturated rings. The second-order valence-electron chi connectivity index (χ2n) is 5.68. The summed E-state index contributed by atoms with van der Waals surface area (Å²) in [5, 5.41) is 11.9. The van der Waals surface area contributed by atoms with Gasteiger partial charge in [0.25, 0.3) is 5.91 Å². The largest absolute Gasteiger partial charge is 0.478 e. The van der Waals surface area contributed by atoms with Gasteiger partial charge in [-0.2, -0.15) is 0 Å². The molecule has 22 heavy (non-hydrogen) atoms. The minimum Gasteiger partial charge on any atom is -0.478 e. The quantitative estimate of drug-likeness (QED) is 0.774. The van der Waals surface area contributed by atoms with Gasteiger partial charge in [-0.1, -0.05) is 13.8 Å². The molecule has 0 spiro atoms. The number of rotatable bonds is 8. The van der Waals surface area contributed by atoms with E-state index in [-0.39, 0.29) is 17.6 Å². The Bertz CT molecular complexity index is 525. The van der Waals surface area contributed by atoms with Crippen LogP contribution in [0.1, 0.15) is 53.5 Å². The summed E-state index contributed by atoms with van der Waals surface area (Å²) in [6.45, 7) is 9.04. The molecule has 0 aliphatic rings. The van der Waals surface area contributed by atoms with Gasteiger partial charge in [-0.15, -0.1) is 0 Å². The molecule has 0 saturated heterocycles. The number of carbonyl (C=O) groups is 2. The highest BCUT2D eigenvalue weighted by molar-refractivity contribution is 5.97. The van der Waals surface area contributed by atoms with Gasteiger partial charge in [0, 0.05) is 18.7 Å². The molecule has 0 aliphatic heterocycles. The van der Waals surface area contributed by atoms with Crippen LogP contribution in [0.4, 0.5) is 0 Å². The van der Waals surface area contributed by atoms with Crippen molar-refractivity contribution in [2.75, 3.05) is 13.2 Å². The maximum atomic E-state index is 12.1. The Labute approximate surface area is 131 Å². The van der Waals surface area contributed by atoms with Crippen LogP contribution >= 0.6 is 0 Å². The number of carbonyl (C=O) groups excluding carboxylic acids is 1. The van der Waals surface area contributed by atoms with E-state index in [0.29, 0.717) is 24.6 Å². The van der Waals surface area contributed by atoms with Crippen LogP contribution in [0.3, 0.4) is 0 Å². The van der Waals surface area contributed by atoms with E-state index in [1.807, 2.05) is 6.92 Å². The summed E-state index contributed by atoms with van der Waals surface area (Å²) in [5.41, 5.74) is 1.24. The highest BCUT2D eigenvalue weighted by Gasteiger charge is 2.15. The van der Waals surface area contributed by atoms with Gasteiger partial charge in [0.1, 0.15) is 0 Å². The Kier molecular flexibility index (Phi) is 7.05. The van der Waals surface area contributed by atoms with Crippen LogP contribution in [-0.2, 0) is 4.74 Å². The Morgan fingerprint density at radius 1 is 1.23 bits per heavy atom. The molecule has 1 rings (SSSR count). The minimum atomic E-state index is -1.03. The maximum Gasteiger partial charge on any atom is 0.335 e. The molecule has 2 N–H and O–H groups in total. The molecule has 1 amide bonds. The van der Waals surface area contributed by atoms with Crippen LogP contribution in [0.15, 0.2) is 18.2 Å². The zero-order chi connectivity index (χ0) is 16.7. The fraction of sp³-hybridized carbons (Fsp3) is 0.529. The standard InChI is InChI=1S/C17H25NO4/c1-5-22-15(11(2)3)6-7-18-16(19)13-8-12(4)9-14(10-13)17(20)21/h8-11,15H,5-7H2,1-4H3,(H,18,19)(H,20,21). The lowest BCUT2D eigenvalue weighted by Crippen LogP contribution is -2.30. The van der Waals surface area contributed by atoms with Crippen LogP contribution in [0.25, 0.3) is 0 Å². The van der Waals surface area contributed by atoms with Crippen molar-refractivity contribution in [3.63, 3.8) is 0 Å². The van der Waals surface area contributed by atoms with E-state index in [4.69, 9.17) is 9.84 Å². The number of nitrogens with one attached hydrogen (secondary N) is 1. The van der Waals surface area contributed by atoms with Crippen LogP contribution in [0, 0.1) is 12.8 Å². The van der Waals surface area contributed by atoms with Gasteiger partial charge in [-0.05, 0) is 49.9 Å². The van der Waals surface area contributed by atoms with Crippen molar-refractivity contribution in [2.45, 2.75) is 40.2 Å². The highest BCUT2D eigenvalue weighted by Crippen LogP contribution is 2.12. The third-order valence-electron chi connectivity index (χ3n) is 3.43. The minimum absolute atomic E-state index is 0.109. The predicted molar refractivity (Wildman–Crippen MR) is 85.3 cm³/mol. The number of hydrogen-bond donors (Lipinski definition) is 2. The number of carboxylic acid groups (broad SMARTS) is 1. The Morgan fingerprint density at radius 3 is 2.41 bits per heavy atom. The van der Waals surface area contributed by atoms with Crippen molar-refractivity contribution < 1.29 is 19.4 Å². The molecule has 1 aromatic rings. The zero-order valence-corrected chi connectivity index (χ0v) is 13.7. The average molecular weight is 307 g/mol. The van der Waals surface area contributed by atoms with Crippen molar-refractivity contribution in [1.29, 1.82) is 0 Å². The smallest absolute Gasteiger partial charge is 0.335 e. The lowest BCUT2D eigenvalue weighted by atomic mass is 10.0. The van der Waals surface area contributed by atoms with Crippen molar-refractivity contribution in [2.24, 2.45) is 5.92 Å². The maximum absolute atomic E-state index is 12.1. The molecule has 0 bridgehead atoms. The van der Waals surface area contributed by atoms with Crippen LogP contribution in [-0.4, -0.2) is 36.2 Å². The highest BCUT2D eigenvalue weighted by atomic mass is 16.5. The fourth-order valence-electron chi connectivity index (χ4n) is 2.29. The Morgan fingerprint density at radius 2 is 1.86 bits per heavy atom. The summed E-state index contributed by atoms with van der Waals surface area (Å²) in [7, 11) is 0. The number of benzene rings is 1. The molecule has 122 valence electrons. The third kappa shape index (κ3) is 5.48. The average Bonchev–Trinajstić information content (AvgIpc) is 2.45. The van der Waals surface area contributed by atoms with Gasteiger partial charge in [0.15, 0.2) is 0 Å². The van der Waals surface area contributed by atoms with E-state index in [1.54, 1.807) is 19.1 Å². The van der Waals surface area contributed by atoms with Gasteiger partial charge in [0.2, 0.25) is 0 Å². The van der Waals surface area contributed by atoms with Gasteiger partial charge < -0.3 is 15.2 Å². The van der Waals surface area contributed by atoms with E-state index in [2.05, 4.69) is 19.2 Å². The van der Waals surface area contributed by atoms with Gasteiger partial charge in [0.05, 0.1) is 11.7 Å². The summed E-state index contributed by atoms with van der Waals surface area (Å²) in [4.78, 5) is 23.2. The van der Waals surface area contributed by atoms with Gasteiger partial charge in [-0.3, -0.25) is 4.79 Å². The molecule has 0 saturated carbocycles. The van der Waals surface area contributed by atoms with Gasteiger partial charge in [-0.25, -0.2) is 4.79 Å². The first kappa shape index (κ1) is 18.2. The molecule has 0 aliphatic carbocycles. The van der Waals surface area contributed by atoms with E-state index < -0.39 is 5.97 Å². The van der Waals surface area contributed by atoms with Crippen LogP contribution < -0.4 is 5.32 Å². The molecule has 0 aromatic heterocycles. The first-order valence-electron chi connectivity index (χ1n) is 7.60. The van der Waals surface area contributed by atoms with E-state index in [9.17, 15) is 9.59 Å². The number of aryl methyl sites for hydroxylation is 1. The lowest BCUT2D eigenvalue weighted by Gasteiger charge is -2.20. The Balaban J connectivity index is 2.64. The van der Waals surface area contributed by atoms with E-state index in [1.165, 1.54) is 6.07 Å². The molecule has 5 nitrogen and oxygen atoms in total. The second kappa shape index (κ2) is 8.54. The second-order valence-corrected chi connectivity index (χ2v) is 5.68. The molecule has 0 heterocycles. The molecular formula is C17H25NO4. The van der Waals surface area contributed by atoms with Crippen molar-refractivity contribution in [1.82, 2.24) is 5.32 Å². The SMILES string of the molecule is CCOC(CCNC(=O)c1cc(C)cc(C(=O)O)c1)C(C)C. The number of ether oxygens (including phenoxy) is 1. The topological polar surface area (TPSA) is 75.6 Å². The summed E-state index contributed by atoms with van der Waals surface area (Å²) >= 11 is 0. The van der Waals surface area contributed by atoms with Crippen LogP contribution in [0.5, 0.6) is 0 Å². The lowest BCUT2D eigenvalue weighted by molar-refractivity contribution is 0.0251. The van der Waals surface area contributed by atoms with E-state index in [0.717, 1.165) is 12.0 Å². The monoisotopic (exact) mass is 307 g/mol. The fourth-order valence-corrected chi connectivity index (χ4v) is 2.29. The molecule has 1 aromatic carbocycles. The number of aromatic carboxylic acids is 1. The molecule has 5 heteroatoms.